The minimum absolute atomic E-state index is 0.623. The van der Waals surface area contributed by atoms with E-state index in [9.17, 15) is 0 Å². The predicted octanol–water partition coefficient (Wildman–Crippen LogP) is 4.05. The summed E-state index contributed by atoms with van der Waals surface area (Å²) in [7, 11) is 0. The van der Waals surface area contributed by atoms with E-state index >= 15 is 0 Å². The summed E-state index contributed by atoms with van der Waals surface area (Å²) in [5, 5.41) is 11.6. The van der Waals surface area contributed by atoms with Crippen molar-refractivity contribution in [2.24, 2.45) is 16.1 Å². The SMILES string of the molecule is Cc1ccc(NC(N)/N=N/Nc2nc3ccc(C)cc3s2)cc1. The van der Waals surface area contributed by atoms with Crippen LogP contribution < -0.4 is 16.5 Å². The minimum atomic E-state index is -0.623. The van der Waals surface area contributed by atoms with Gasteiger partial charge in [-0.3, -0.25) is 5.73 Å². The van der Waals surface area contributed by atoms with Crippen LogP contribution in [-0.2, 0) is 0 Å². The molecule has 0 saturated carbocycles. The van der Waals surface area contributed by atoms with Crippen molar-refractivity contribution in [2.75, 3.05) is 10.7 Å². The largest absolute Gasteiger partial charge is 0.350 e. The molecule has 3 aromatic rings. The van der Waals surface area contributed by atoms with Gasteiger partial charge < -0.3 is 5.32 Å². The van der Waals surface area contributed by atoms with Crippen LogP contribution in [0.25, 0.3) is 10.2 Å². The number of benzene rings is 2. The van der Waals surface area contributed by atoms with E-state index in [1.165, 1.54) is 22.5 Å². The summed E-state index contributed by atoms with van der Waals surface area (Å²) in [5.74, 6) is 0. The number of nitrogens with zero attached hydrogens (tertiary/aromatic N) is 3. The molecule has 4 N–H and O–H groups in total. The lowest BCUT2D eigenvalue weighted by Crippen LogP contribution is -2.26. The molecular formula is C16H18N6S. The van der Waals surface area contributed by atoms with Crippen molar-refractivity contribution in [3.8, 4) is 0 Å². The summed E-state index contributed by atoms with van der Waals surface area (Å²) in [6, 6.07) is 14.0. The van der Waals surface area contributed by atoms with Crippen LogP contribution in [0.2, 0.25) is 0 Å². The number of hydrogen-bond acceptors (Lipinski definition) is 6. The molecule has 0 fully saturated rings. The van der Waals surface area contributed by atoms with E-state index < -0.39 is 6.29 Å². The Labute approximate surface area is 138 Å². The molecule has 1 unspecified atom stereocenters. The fourth-order valence-corrected chi connectivity index (χ4v) is 2.96. The highest BCUT2D eigenvalue weighted by Crippen LogP contribution is 2.26. The Morgan fingerprint density at radius 2 is 1.83 bits per heavy atom. The first-order chi connectivity index (χ1) is 11.1. The average molecular weight is 326 g/mol. The molecule has 0 aliphatic rings. The number of aromatic nitrogens is 1. The van der Waals surface area contributed by atoms with Crippen LogP contribution in [0.5, 0.6) is 0 Å². The normalized spacial score (nSPS) is 12.7. The van der Waals surface area contributed by atoms with Crippen LogP contribution in [0.3, 0.4) is 0 Å². The zero-order chi connectivity index (χ0) is 16.2. The van der Waals surface area contributed by atoms with Crippen molar-refractivity contribution in [3.05, 3.63) is 53.6 Å². The number of rotatable bonds is 5. The number of hydrogen-bond donors (Lipinski definition) is 3. The fourth-order valence-electron chi connectivity index (χ4n) is 2.06. The monoisotopic (exact) mass is 326 g/mol. The number of aryl methyl sites for hydroxylation is 2. The molecule has 0 aliphatic carbocycles. The van der Waals surface area contributed by atoms with E-state index in [4.69, 9.17) is 5.73 Å². The molecule has 0 amide bonds. The first kappa shape index (κ1) is 15.4. The second-order valence-electron chi connectivity index (χ2n) is 5.27. The Hall–Kier alpha value is -2.51. The van der Waals surface area contributed by atoms with Crippen LogP contribution in [0, 0.1) is 13.8 Å². The van der Waals surface area contributed by atoms with Gasteiger partial charge in [0, 0.05) is 5.69 Å². The highest BCUT2D eigenvalue weighted by atomic mass is 32.1. The van der Waals surface area contributed by atoms with Crippen LogP contribution in [0.1, 0.15) is 11.1 Å². The smallest absolute Gasteiger partial charge is 0.205 e. The van der Waals surface area contributed by atoms with Crippen LogP contribution in [0.15, 0.2) is 52.8 Å². The minimum Gasteiger partial charge on any atom is -0.350 e. The lowest BCUT2D eigenvalue weighted by molar-refractivity contribution is 0.745. The molecule has 118 valence electrons. The molecule has 0 aliphatic heterocycles. The molecule has 2 aromatic carbocycles. The third-order valence-electron chi connectivity index (χ3n) is 3.24. The third-order valence-corrected chi connectivity index (χ3v) is 4.16. The van der Waals surface area contributed by atoms with Crippen LogP contribution in [-0.4, -0.2) is 11.3 Å². The van der Waals surface area contributed by atoms with Crippen molar-refractivity contribution >= 4 is 32.4 Å². The molecular weight excluding hydrogens is 308 g/mol. The Kier molecular flexibility index (Phi) is 4.50. The van der Waals surface area contributed by atoms with Gasteiger partial charge >= 0.3 is 0 Å². The van der Waals surface area contributed by atoms with Gasteiger partial charge in [0.25, 0.3) is 0 Å². The maximum Gasteiger partial charge on any atom is 0.205 e. The summed E-state index contributed by atoms with van der Waals surface area (Å²) in [5.41, 5.74) is 12.9. The van der Waals surface area contributed by atoms with E-state index in [-0.39, 0.29) is 0 Å². The van der Waals surface area contributed by atoms with Crippen LogP contribution >= 0.6 is 11.3 Å². The van der Waals surface area contributed by atoms with E-state index in [0.29, 0.717) is 5.13 Å². The van der Waals surface area contributed by atoms with Crippen molar-refractivity contribution in [3.63, 3.8) is 0 Å². The summed E-state index contributed by atoms with van der Waals surface area (Å²) < 4.78 is 1.12. The number of anilines is 2. The first-order valence-electron chi connectivity index (χ1n) is 7.22. The van der Waals surface area contributed by atoms with Crippen LogP contribution in [0.4, 0.5) is 10.8 Å². The molecule has 1 aromatic heterocycles. The Bertz CT molecular complexity index is 824. The lowest BCUT2D eigenvalue weighted by atomic mass is 10.2. The molecule has 0 radical (unpaired) electrons. The number of thiazole rings is 1. The quantitative estimate of drug-likeness (QED) is 0.375. The van der Waals surface area contributed by atoms with Gasteiger partial charge in [0.1, 0.15) is 0 Å². The van der Waals surface area contributed by atoms with Gasteiger partial charge in [0.05, 0.1) is 10.2 Å². The molecule has 0 saturated heterocycles. The van der Waals surface area contributed by atoms with E-state index in [0.717, 1.165) is 15.9 Å². The highest BCUT2D eigenvalue weighted by molar-refractivity contribution is 7.22. The summed E-state index contributed by atoms with van der Waals surface area (Å²) in [6.07, 6.45) is -0.623. The van der Waals surface area contributed by atoms with E-state index in [1.54, 1.807) is 0 Å². The van der Waals surface area contributed by atoms with Gasteiger partial charge in [-0.15, -0.1) is 5.11 Å². The maximum atomic E-state index is 5.87. The van der Waals surface area contributed by atoms with E-state index in [2.05, 4.69) is 39.1 Å². The Morgan fingerprint density at radius 1 is 1.09 bits per heavy atom. The number of fused-ring (bicyclic) bond motifs is 1. The third kappa shape index (κ3) is 4.02. The molecule has 7 heteroatoms. The molecule has 6 nitrogen and oxygen atoms in total. The fraction of sp³-hybridized carbons (Fsp3) is 0.188. The number of nitrogens with one attached hydrogen (secondary N) is 2. The molecule has 23 heavy (non-hydrogen) atoms. The summed E-state index contributed by atoms with van der Waals surface area (Å²) in [6.45, 7) is 4.09. The number of nitrogens with two attached hydrogens (primary N) is 1. The lowest BCUT2D eigenvalue weighted by Gasteiger charge is -2.09. The second-order valence-corrected chi connectivity index (χ2v) is 6.30. The highest BCUT2D eigenvalue weighted by Gasteiger charge is 2.03. The molecule has 3 rings (SSSR count). The van der Waals surface area contributed by atoms with Gasteiger partial charge in [0.15, 0.2) is 6.29 Å². The standard InChI is InChI=1S/C16H18N6S/c1-10-3-6-12(7-4-10)18-15(17)20-22-21-16-19-13-8-5-11(2)9-14(13)23-16/h3-9,15,18H,17H2,1-2H3,(H,19,20,21). The van der Waals surface area contributed by atoms with Gasteiger partial charge in [-0.1, -0.05) is 40.3 Å². The Morgan fingerprint density at radius 3 is 2.61 bits per heavy atom. The zero-order valence-electron chi connectivity index (χ0n) is 12.9. The maximum absolute atomic E-state index is 5.87. The first-order valence-corrected chi connectivity index (χ1v) is 8.04. The summed E-state index contributed by atoms with van der Waals surface area (Å²) in [4.78, 5) is 4.44. The molecule has 1 heterocycles. The molecule has 0 bridgehead atoms. The van der Waals surface area contributed by atoms with E-state index in [1.807, 2.05) is 43.3 Å². The van der Waals surface area contributed by atoms with Gasteiger partial charge in [-0.05, 0) is 43.7 Å². The average Bonchev–Trinajstić information content (AvgIpc) is 2.91. The topological polar surface area (TPSA) is 87.7 Å². The second kappa shape index (κ2) is 6.72. The predicted molar refractivity (Wildman–Crippen MR) is 95.6 cm³/mol. The zero-order valence-corrected chi connectivity index (χ0v) is 13.8. The molecule has 0 spiro atoms. The summed E-state index contributed by atoms with van der Waals surface area (Å²) >= 11 is 1.53. The van der Waals surface area contributed by atoms with Crippen molar-refractivity contribution in [1.82, 2.24) is 4.98 Å². The van der Waals surface area contributed by atoms with Gasteiger partial charge in [-0.25, -0.2) is 10.4 Å². The van der Waals surface area contributed by atoms with Crippen molar-refractivity contribution < 1.29 is 0 Å². The van der Waals surface area contributed by atoms with Crippen molar-refractivity contribution in [2.45, 2.75) is 20.1 Å². The van der Waals surface area contributed by atoms with Gasteiger partial charge in [0.2, 0.25) is 5.13 Å². The van der Waals surface area contributed by atoms with Gasteiger partial charge in [-0.2, -0.15) is 0 Å². The molecule has 1 atom stereocenters. The van der Waals surface area contributed by atoms with Crippen molar-refractivity contribution in [1.29, 1.82) is 0 Å². The Balaban J connectivity index is 1.59.